The topological polar surface area (TPSA) is 79.5 Å². The minimum absolute atomic E-state index is 0.0350. The molecule has 6 nitrogen and oxygen atoms in total. The van der Waals surface area contributed by atoms with E-state index < -0.39 is 0 Å². The monoisotopic (exact) mass is 327 g/mol. The summed E-state index contributed by atoms with van der Waals surface area (Å²) in [5, 5.41) is 8.18. The van der Waals surface area contributed by atoms with Gasteiger partial charge >= 0.3 is 6.03 Å². The van der Waals surface area contributed by atoms with Crippen LogP contribution < -0.4 is 16.0 Å². The molecule has 0 heterocycles. The van der Waals surface area contributed by atoms with Crippen LogP contribution in [-0.2, 0) is 9.53 Å². The number of ether oxygens (including phenoxy) is 1. The molecule has 0 aliphatic rings. The maximum absolute atomic E-state index is 11.9. The van der Waals surface area contributed by atoms with Gasteiger partial charge in [-0.05, 0) is 42.8 Å². The molecule has 2 rings (SSSR count). The Morgan fingerprint density at radius 3 is 1.96 bits per heavy atom. The predicted molar refractivity (Wildman–Crippen MR) is 95.3 cm³/mol. The van der Waals surface area contributed by atoms with E-state index in [2.05, 4.69) is 16.0 Å². The van der Waals surface area contributed by atoms with E-state index in [1.165, 1.54) is 0 Å². The van der Waals surface area contributed by atoms with Crippen LogP contribution in [0, 0.1) is 0 Å². The second-order valence-electron chi connectivity index (χ2n) is 5.12. The number of urea groups is 1. The highest BCUT2D eigenvalue weighted by molar-refractivity contribution is 6.00. The van der Waals surface area contributed by atoms with Gasteiger partial charge in [-0.2, -0.15) is 0 Å². The Morgan fingerprint density at radius 2 is 1.38 bits per heavy atom. The van der Waals surface area contributed by atoms with Crippen molar-refractivity contribution in [1.29, 1.82) is 0 Å². The van der Waals surface area contributed by atoms with Gasteiger partial charge in [0.15, 0.2) is 0 Å². The number of amides is 3. The van der Waals surface area contributed by atoms with Crippen molar-refractivity contribution in [1.82, 2.24) is 0 Å². The zero-order valence-electron chi connectivity index (χ0n) is 13.5. The summed E-state index contributed by atoms with van der Waals surface area (Å²) in [4.78, 5) is 23.5. The summed E-state index contributed by atoms with van der Waals surface area (Å²) in [5.74, 6) is -0.203. The SMILES string of the molecule is CCCOCC(=O)Nc1ccc(NC(=O)Nc2ccccc2)cc1. The molecule has 0 atom stereocenters. The lowest BCUT2D eigenvalue weighted by Gasteiger charge is -2.09. The number of nitrogens with one attached hydrogen (secondary N) is 3. The van der Waals surface area contributed by atoms with Crippen LogP contribution in [0.4, 0.5) is 21.9 Å². The van der Waals surface area contributed by atoms with E-state index in [1.54, 1.807) is 36.4 Å². The molecule has 24 heavy (non-hydrogen) atoms. The number of hydrogen-bond donors (Lipinski definition) is 3. The number of para-hydroxylation sites is 1. The normalized spacial score (nSPS) is 10.0. The van der Waals surface area contributed by atoms with E-state index in [9.17, 15) is 9.59 Å². The van der Waals surface area contributed by atoms with Crippen molar-refractivity contribution in [3.05, 3.63) is 54.6 Å². The molecule has 0 aromatic heterocycles. The number of carbonyl (C=O) groups excluding carboxylic acids is 2. The lowest BCUT2D eigenvalue weighted by Crippen LogP contribution is -2.20. The maximum atomic E-state index is 11.9. The Balaban J connectivity index is 1.81. The van der Waals surface area contributed by atoms with Gasteiger partial charge in [-0.3, -0.25) is 4.79 Å². The number of anilines is 3. The van der Waals surface area contributed by atoms with Crippen LogP contribution in [0.1, 0.15) is 13.3 Å². The fourth-order valence-corrected chi connectivity index (χ4v) is 1.96. The molecule has 0 unspecified atom stereocenters. The van der Waals surface area contributed by atoms with E-state index in [4.69, 9.17) is 4.74 Å². The number of carbonyl (C=O) groups is 2. The van der Waals surface area contributed by atoms with Crippen molar-refractivity contribution in [2.24, 2.45) is 0 Å². The first-order valence-corrected chi connectivity index (χ1v) is 7.78. The van der Waals surface area contributed by atoms with Crippen molar-refractivity contribution in [3.63, 3.8) is 0 Å². The molecule has 3 N–H and O–H groups in total. The first-order chi connectivity index (χ1) is 11.7. The summed E-state index contributed by atoms with van der Waals surface area (Å²) in [6.45, 7) is 2.58. The number of hydrogen-bond acceptors (Lipinski definition) is 3. The predicted octanol–water partition coefficient (Wildman–Crippen LogP) is 3.70. The molecule has 3 amide bonds. The van der Waals surface area contributed by atoms with E-state index in [-0.39, 0.29) is 18.5 Å². The molecule has 0 aliphatic heterocycles. The van der Waals surface area contributed by atoms with E-state index in [0.717, 1.165) is 6.42 Å². The number of rotatable bonds is 7. The lowest BCUT2D eigenvalue weighted by atomic mass is 10.3. The Kier molecular flexibility index (Phi) is 6.79. The van der Waals surface area contributed by atoms with Gasteiger partial charge in [0.1, 0.15) is 6.61 Å². The Hall–Kier alpha value is -2.86. The largest absolute Gasteiger partial charge is 0.372 e. The molecule has 0 saturated heterocycles. The first-order valence-electron chi connectivity index (χ1n) is 7.78. The fraction of sp³-hybridized carbons (Fsp3) is 0.222. The average Bonchev–Trinajstić information content (AvgIpc) is 2.58. The van der Waals surface area contributed by atoms with Gasteiger partial charge in [0.05, 0.1) is 0 Å². The summed E-state index contributed by atoms with van der Waals surface area (Å²) >= 11 is 0. The van der Waals surface area contributed by atoms with Crippen molar-refractivity contribution >= 4 is 29.0 Å². The molecule has 0 fully saturated rings. The minimum atomic E-state index is -0.328. The van der Waals surface area contributed by atoms with Gasteiger partial charge in [-0.15, -0.1) is 0 Å². The van der Waals surface area contributed by atoms with E-state index >= 15 is 0 Å². The van der Waals surface area contributed by atoms with Gasteiger partial charge in [-0.1, -0.05) is 25.1 Å². The van der Waals surface area contributed by atoms with Crippen molar-refractivity contribution in [3.8, 4) is 0 Å². The molecule has 0 saturated carbocycles. The molecule has 0 spiro atoms. The summed E-state index contributed by atoms with van der Waals surface area (Å²) in [6.07, 6.45) is 0.874. The maximum Gasteiger partial charge on any atom is 0.323 e. The van der Waals surface area contributed by atoms with Crippen LogP contribution in [0.5, 0.6) is 0 Å². The molecular formula is C18H21N3O3. The van der Waals surface area contributed by atoms with Crippen LogP contribution in [0.25, 0.3) is 0 Å². The quantitative estimate of drug-likeness (QED) is 0.678. The minimum Gasteiger partial charge on any atom is -0.372 e. The fourth-order valence-electron chi connectivity index (χ4n) is 1.96. The third-order valence-electron chi connectivity index (χ3n) is 3.04. The molecule has 0 bridgehead atoms. The average molecular weight is 327 g/mol. The number of benzene rings is 2. The van der Waals surface area contributed by atoms with Crippen LogP contribution in [0.2, 0.25) is 0 Å². The highest BCUT2D eigenvalue weighted by atomic mass is 16.5. The first kappa shape index (κ1) is 17.5. The zero-order valence-corrected chi connectivity index (χ0v) is 13.5. The Morgan fingerprint density at radius 1 is 0.833 bits per heavy atom. The third-order valence-corrected chi connectivity index (χ3v) is 3.04. The summed E-state index contributed by atoms with van der Waals surface area (Å²) < 4.78 is 5.17. The summed E-state index contributed by atoms with van der Waals surface area (Å²) in [7, 11) is 0. The Labute approximate surface area is 141 Å². The molecule has 126 valence electrons. The second-order valence-corrected chi connectivity index (χ2v) is 5.12. The molecular weight excluding hydrogens is 306 g/mol. The highest BCUT2D eigenvalue weighted by Gasteiger charge is 2.04. The zero-order chi connectivity index (χ0) is 17.2. The highest BCUT2D eigenvalue weighted by Crippen LogP contribution is 2.14. The van der Waals surface area contributed by atoms with E-state index in [0.29, 0.717) is 23.7 Å². The molecule has 0 radical (unpaired) electrons. The standard InChI is InChI=1S/C18H21N3O3/c1-2-12-24-13-17(22)19-15-8-10-16(11-9-15)21-18(23)20-14-6-4-3-5-7-14/h3-11H,2,12-13H2,1H3,(H,19,22)(H2,20,21,23). The van der Waals surface area contributed by atoms with Crippen molar-refractivity contribution in [2.45, 2.75) is 13.3 Å². The van der Waals surface area contributed by atoms with Crippen molar-refractivity contribution in [2.75, 3.05) is 29.2 Å². The summed E-state index contributed by atoms with van der Waals surface area (Å²) in [6, 6.07) is 15.7. The van der Waals surface area contributed by atoms with Crippen LogP contribution in [0.3, 0.4) is 0 Å². The van der Waals surface area contributed by atoms with Gasteiger partial charge in [0, 0.05) is 23.7 Å². The molecule has 6 heteroatoms. The van der Waals surface area contributed by atoms with Gasteiger partial charge in [0.2, 0.25) is 5.91 Å². The van der Waals surface area contributed by atoms with Gasteiger partial charge in [-0.25, -0.2) is 4.79 Å². The summed E-state index contributed by atoms with van der Waals surface area (Å²) in [5.41, 5.74) is 1.99. The smallest absolute Gasteiger partial charge is 0.323 e. The van der Waals surface area contributed by atoms with Gasteiger partial charge < -0.3 is 20.7 Å². The molecule has 2 aromatic rings. The lowest BCUT2D eigenvalue weighted by molar-refractivity contribution is -0.120. The van der Waals surface area contributed by atoms with Crippen molar-refractivity contribution < 1.29 is 14.3 Å². The third kappa shape index (κ3) is 6.10. The molecule has 2 aromatic carbocycles. The van der Waals surface area contributed by atoms with Crippen LogP contribution in [-0.4, -0.2) is 25.2 Å². The van der Waals surface area contributed by atoms with Gasteiger partial charge in [0.25, 0.3) is 0 Å². The van der Waals surface area contributed by atoms with E-state index in [1.807, 2.05) is 25.1 Å². The second kappa shape index (κ2) is 9.32. The molecule has 0 aliphatic carbocycles. The van der Waals surface area contributed by atoms with Crippen LogP contribution >= 0.6 is 0 Å². The Bertz CT molecular complexity index is 657. The van der Waals surface area contributed by atoms with Crippen LogP contribution in [0.15, 0.2) is 54.6 Å².